The highest BCUT2D eigenvalue weighted by Crippen LogP contribution is 2.18. The summed E-state index contributed by atoms with van der Waals surface area (Å²) in [4.78, 5) is 0. The third-order valence-corrected chi connectivity index (χ3v) is 4.20. The number of halogens is 1. The second-order valence-corrected chi connectivity index (χ2v) is 6.46. The second kappa shape index (κ2) is 9.77. The summed E-state index contributed by atoms with van der Waals surface area (Å²) in [7, 11) is 2.17. The molecule has 26 heavy (non-hydrogen) atoms. The monoisotopic (exact) mass is 343 g/mol. The largest absolute Gasteiger partial charge is 0.207 e. The van der Waals surface area contributed by atoms with Gasteiger partial charge >= 0.3 is 0 Å². The third kappa shape index (κ3) is 6.36. The van der Waals surface area contributed by atoms with Gasteiger partial charge in [-0.2, -0.15) is 0 Å². The minimum absolute atomic E-state index is 0.248. The molecule has 0 aromatic heterocycles. The summed E-state index contributed by atoms with van der Waals surface area (Å²) in [6, 6.07) is 15.0. The van der Waals surface area contributed by atoms with E-state index in [0.29, 0.717) is 0 Å². The molecular weight excluding hydrogens is 318 g/mol. The van der Waals surface area contributed by atoms with Crippen LogP contribution in [0.3, 0.4) is 0 Å². The predicted octanol–water partition coefficient (Wildman–Crippen LogP) is 6.46. The molecule has 0 heterocycles. The summed E-state index contributed by atoms with van der Waals surface area (Å²) in [5.74, 6) is -0.248. The standard InChI is InChI=1S/C24H25BF/c1-5-21(13-12-19(3)23-10-7-11-24(26)16-23)15-20(4)25-17-22-9-6-8-18(2)14-22/h5-14,16H,3-4,15,17H2,1-2H3/b13-12-,21-5+. The first-order valence-electron chi connectivity index (χ1n) is 8.82. The molecule has 2 rings (SSSR count). The van der Waals surface area contributed by atoms with E-state index in [1.54, 1.807) is 6.07 Å². The van der Waals surface area contributed by atoms with Crippen LogP contribution in [-0.2, 0) is 6.32 Å². The van der Waals surface area contributed by atoms with Crippen LogP contribution < -0.4 is 0 Å². The number of allylic oxidation sites excluding steroid dienone is 6. The summed E-state index contributed by atoms with van der Waals surface area (Å²) >= 11 is 0. The molecule has 1 radical (unpaired) electrons. The molecule has 0 amide bonds. The van der Waals surface area contributed by atoms with E-state index in [1.807, 2.05) is 25.1 Å². The number of aryl methyl sites for hydroxylation is 1. The number of rotatable bonds is 8. The van der Waals surface area contributed by atoms with Crippen molar-refractivity contribution in [2.75, 3.05) is 0 Å². The lowest BCUT2D eigenvalue weighted by Crippen LogP contribution is -2.01. The molecule has 0 unspecified atom stereocenters. The SMILES string of the molecule is C=C([B]Cc1cccc(C)c1)CC(/C=C\C(=C)c1cccc(F)c1)=C/C. The zero-order valence-electron chi connectivity index (χ0n) is 15.6. The Bertz CT molecular complexity index is 843. The fourth-order valence-electron chi connectivity index (χ4n) is 2.68. The quantitative estimate of drug-likeness (QED) is 0.381. The van der Waals surface area contributed by atoms with Crippen LogP contribution in [0.5, 0.6) is 0 Å². The Morgan fingerprint density at radius 1 is 1.08 bits per heavy atom. The van der Waals surface area contributed by atoms with E-state index in [1.165, 1.54) is 23.3 Å². The van der Waals surface area contributed by atoms with Gasteiger partial charge < -0.3 is 0 Å². The molecule has 0 saturated carbocycles. The van der Waals surface area contributed by atoms with Crippen molar-refractivity contribution in [3.8, 4) is 0 Å². The Morgan fingerprint density at radius 2 is 1.85 bits per heavy atom. The normalized spacial score (nSPS) is 11.6. The first kappa shape index (κ1) is 19.7. The molecule has 2 aromatic rings. The van der Waals surface area contributed by atoms with Crippen molar-refractivity contribution in [3.05, 3.63) is 113 Å². The van der Waals surface area contributed by atoms with Crippen LogP contribution in [0, 0.1) is 12.7 Å². The highest BCUT2D eigenvalue weighted by atomic mass is 19.1. The summed E-state index contributed by atoms with van der Waals surface area (Å²) in [5, 5.41) is 0. The van der Waals surface area contributed by atoms with E-state index in [9.17, 15) is 4.39 Å². The van der Waals surface area contributed by atoms with Gasteiger partial charge in [-0.25, -0.2) is 4.39 Å². The van der Waals surface area contributed by atoms with Crippen LogP contribution in [-0.4, -0.2) is 7.28 Å². The smallest absolute Gasteiger partial charge is 0.150 e. The van der Waals surface area contributed by atoms with Crippen molar-refractivity contribution in [1.82, 2.24) is 0 Å². The van der Waals surface area contributed by atoms with E-state index >= 15 is 0 Å². The molecule has 131 valence electrons. The van der Waals surface area contributed by atoms with Gasteiger partial charge in [0.15, 0.2) is 0 Å². The van der Waals surface area contributed by atoms with Crippen molar-refractivity contribution in [1.29, 1.82) is 0 Å². The molecular formula is C24H25BF. The van der Waals surface area contributed by atoms with E-state index < -0.39 is 0 Å². The van der Waals surface area contributed by atoms with Crippen molar-refractivity contribution in [3.63, 3.8) is 0 Å². The average molecular weight is 343 g/mol. The van der Waals surface area contributed by atoms with E-state index in [-0.39, 0.29) is 5.82 Å². The van der Waals surface area contributed by atoms with Crippen LogP contribution in [0.25, 0.3) is 5.57 Å². The molecule has 0 saturated heterocycles. The fourth-order valence-corrected chi connectivity index (χ4v) is 2.68. The Morgan fingerprint density at radius 3 is 2.54 bits per heavy atom. The average Bonchev–Trinajstić information content (AvgIpc) is 2.63. The van der Waals surface area contributed by atoms with Gasteiger partial charge in [-0.15, -0.1) is 12.1 Å². The van der Waals surface area contributed by atoms with Gasteiger partial charge in [0.2, 0.25) is 0 Å². The summed E-state index contributed by atoms with van der Waals surface area (Å²) in [5.41, 5.74) is 6.39. The summed E-state index contributed by atoms with van der Waals surface area (Å²) < 4.78 is 13.3. The molecule has 2 heteroatoms. The van der Waals surface area contributed by atoms with Crippen LogP contribution >= 0.6 is 0 Å². The zero-order chi connectivity index (χ0) is 18.9. The molecule has 0 spiro atoms. The number of hydrogen-bond acceptors (Lipinski definition) is 0. The van der Waals surface area contributed by atoms with Crippen LogP contribution in [0.4, 0.5) is 4.39 Å². The minimum Gasteiger partial charge on any atom is -0.207 e. The molecule has 0 aliphatic heterocycles. The molecule has 0 bridgehead atoms. The molecule has 2 aromatic carbocycles. The Hall–Kier alpha value is -2.61. The van der Waals surface area contributed by atoms with Crippen molar-refractivity contribution in [2.45, 2.75) is 26.6 Å². The topological polar surface area (TPSA) is 0 Å². The van der Waals surface area contributed by atoms with Crippen LogP contribution in [0.1, 0.15) is 30.0 Å². The first-order chi connectivity index (χ1) is 12.5. The lowest BCUT2D eigenvalue weighted by atomic mass is 9.63. The maximum absolute atomic E-state index is 13.3. The van der Waals surface area contributed by atoms with Gasteiger partial charge in [0, 0.05) is 0 Å². The van der Waals surface area contributed by atoms with Gasteiger partial charge in [0.25, 0.3) is 0 Å². The Labute approximate surface area is 157 Å². The van der Waals surface area contributed by atoms with Crippen molar-refractivity contribution in [2.24, 2.45) is 0 Å². The lowest BCUT2D eigenvalue weighted by molar-refractivity contribution is 0.627. The highest BCUT2D eigenvalue weighted by molar-refractivity contribution is 6.44. The Kier molecular flexibility index (Phi) is 7.41. The van der Waals surface area contributed by atoms with Crippen LogP contribution in [0.2, 0.25) is 0 Å². The molecule has 0 nitrogen and oxygen atoms in total. The summed E-state index contributed by atoms with van der Waals surface area (Å²) in [6.07, 6.45) is 7.70. The number of benzene rings is 2. The maximum atomic E-state index is 13.3. The molecule has 0 aliphatic carbocycles. The van der Waals surface area contributed by atoms with Crippen molar-refractivity contribution >= 4 is 12.9 Å². The highest BCUT2D eigenvalue weighted by Gasteiger charge is 2.02. The molecule has 0 N–H and O–H groups in total. The van der Waals surface area contributed by atoms with E-state index in [0.717, 1.165) is 34.9 Å². The van der Waals surface area contributed by atoms with E-state index in [2.05, 4.69) is 57.7 Å². The maximum Gasteiger partial charge on any atom is 0.150 e. The van der Waals surface area contributed by atoms with Gasteiger partial charge in [-0.05, 0) is 49.1 Å². The zero-order valence-corrected chi connectivity index (χ0v) is 15.6. The fraction of sp³-hybridized carbons (Fsp3) is 0.167. The first-order valence-corrected chi connectivity index (χ1v) is 8.82. The van der Waals surface area contributed by atoms with Gasteiger partial charge in [-0.3, -0.25) is 0 Å². The second-order valence-electron chi connectivity index (χ2n) is 6.46. The third-order valence-electron chi connectivity index (χ3n) is 4.20. The van der Waals surface area contributed by atoms with Gasteiger partial charge in [0.1, 0.15) is 13.1 Å². The van der Waals surface area contributed by atoms with Crippen LogP contribution in [0.15, 0.2) is 91.0 Å². The number of hydrogen-bond donors (Lipinski definition) is 0. The molecule has 0 fully saturated rings. The van der Waals surface area contributed by atoms with Gasteiger partial charge in [-0.1, -0.05) is 78.7 Å². The minimum atomic E-state index is -0.248. The Balaban J connectivity index is 1.90. The molecule has 0 atom stereocenters. The van der Waals surface area contributed by atoms with Crippen molar-refractivity contribution < 1.29 is 4.39 Å². The molecule has 0 aliphatic rings. The predicted molar refractivity (Wildman–Crippen MR) is 113 cm³/mol. The van der Waals surface area contributed by atoms with E-state index in [4.69, 9.17) is 0 Å². The summed E-state index contributed by atoms with van der Waals surface area (Å²) in [6.45, 7) is 12.3. The lowest BCUT2D eigenvalue weighted by Gasteiger charge is -2.07. The van der Waals surface area contributed by atoms with Gasteiger partial charge in [0.05, 0.1) is 0 Å².